The van der Waals surface area contributed by atoms with Crippen LogP contribution in [0.1, 0.15) is 23.7 Å². The van der Waals surface area contributed by atoms with E-state index in [0.29, 0.717) is 16.7 Å². The number of hydrogen-bond donors (Lipinski definition) is 3. The summed E-state index contributed by atoms with van der Waals surface area (Å²) in [5.74, 6) is -1.65. The number of benzene rings is 3. The second-order valence-electron chi connectivity index (χ2n) is 8.44. The molecule has 11 nitrogen and oxygen atoms in total. The predicted octanol–water partition coefficient (Wildman–Crippen LogP) is 3.55. The van der Waals surface area contributed by atoms with Crippen molar-refractivity contribution in [1.82, 2.24) is 9.55 Å². The van der Waals surface area contributed by atoms with Crippen LogP contribution in [-0.2, 0) is 26.2 Å². The molecular formula is C26H25N5O6S. The number of aliphatic carboxylic acids is 1. The van der Waals surface area contributed by atoms with E-state index in [4.69, 9.17) is 0 Å². The number of carbonyl (C=O) groups excluding carboxylic acids is 2. The van der Waals surface area contributed by atoms with E-state index < -0.39 is 21.9 Å². The lowest BCUT2D eigenvalue weighted by molar-refractivity contribution is -0.137. The van der Waals surface area contributed by atoms with Crippen LogP contribution in [0.5, 0.6) is 0 Å². The lowest BCUT2D eigenvalue weighted by Crippen LogP contribution is -2.22. The number of carboxylic acids is 1. The van der Waals surface area contributed by atoms with Gasteiger partial charge in [-0.15, -0.1) is 0 Å². The molecule has 0 radical (unpaired) electrons. The Hall–Kier alpha value is -4.71. The molecule has 4 aromatic rings. The van der Waals surface area contributed by atoms with E-state index in [2.05, 4.69) is 15.0 Å². The highest BCUT2D eigenvalue weighted by Crippen LogP contribution is 2.26. The first-order chi connectivity index (χ1) is 18.0. The Morgan fingerprint density at radius 2 is 1.74 bits per heavy atom. The van der Waals surface area contributed by atoms with Gasteiger partial charge in [-0.3, -0.25) is 24.4 Å². The summed E-state index contributed by atoms with van der Waals surface area (Å²) < 4.78 is 29.4. The van der Waals surface area contributed by atoms with Crippen molar-refractivity contribution in [3.05, 3.63) is 78.4 Å². The molecule has 1 heterocycles. The third kappa shape index (κ3) is 5.81. The van der Waals surface area contributed by atoms with Crippen LogP contribution in [-0.4, -0.2) is 47.9 Å². The van der Waals surface area contributed by atoms with Crippen LogP contribution in [0.2, 0.25) is 0 Å². The summed E-state index contributed by atoms with van der Waals surface area (Å²) in [5.41, 5.74) is 1.97. The predicted molar refractivity (Wildman–Crippen MR) is 143 cm³/mol. The smallest absolute Gasteiger partial charge is 0.305 e. The molecule has 3 N–H and O–H groups in total. The summed E-state index contributed by atoms with van der Waals surface area (Å²) in [6, 6.07) is 18.9. The van der Waals surface area contributed by atoms with Crippen molar-refractivity contribution in [2.45, 2.75) is 24.8 Å². The van der Waals surface area contributed by atoms with Crippen LogP contribution in [0.3, 0.4) is 0 Å². The maximum Gasteiger partial charge on any atom is 0.305 e. The number of carboxylic acid groups (broad SMARTS) is 1. The molecule has 0 aliphatic heterocycles. The molecule has 3 aromatic carbocycles. The SMILES string of the molecule is CC(=O)N(C)c1ccc2c(c1)nc(NC(=O)c1cccc(NS(=O)(=O)c3ccccc3)c1)n2CCC(=O)O. The number of amides is 2. The molecule has 12 heteroatoms. The topological polar surface area (TPSA) is 151 Å². The average Bonchev–Trinajstić information content (AvgIpc) is 3.23. The van der Waals surface area contributed by atoms with Gasteiger partial charge in [0.1, 0.15) is 0 Å². The van der Waals surface area contributed by atoms with Gasteiger partial charge >= 0.3 is 5.97 Å². The third-order valence-electron chi connectivity index (χ3n) is 5.80. The molecule has 0 aliphatic rings. The van der Waals surface area contributed by atoms with Crippen LogP contribution in [0.4, 0.5) is 17.3 Å². The standard InChI is InChI=1S/C26H25N5O6S/c1-17(32)30(2)20-11-12-23-22(16-20)27-26(31(23)14-13-24(33)34)28-25(35)18-7-6-8-19(15-18)29-38(36,37)21-9-4-3-5-10-21/h3-12,15-16,29H,13-14H2,1-2H3,(H,33,34)(H,27,28,35). The number of fused-ring (bicyclic) bond motifs is 1. The molecule has 2 amide bonds. The molecule has 1 aromatic heterocycles. The monoisotopic (exact) mass is 535 g/mol. The minimum Gasteiger partial charge on any atom is -0.481 e. The van der Waals surface area contributed by atoms with E-state index in [1.165, 1.54) is 48.2 Å². The van der Waals surface area contributed by atoms with Gasteiger partial charge in [0.2, 0.25) is 11.9 Å². The van der Waals surface area contributed by atoms with Crippen molar-refractivity contribution in [2.75, 3.05) is 22.0 Å². The first kappa shape index (κ1) is 26.4. The molecule has 38 heavy (non-hydrogen) atoms. The molecule has 196 valence electrons. The van der Waals surface area contributed by atoms with Gasteiger partial charge in [-0.2, -0.15) is 0 Å². The van der Waals surface area contributed by atoms with Crippen molar-refractivity contribution in [3.8, 4) is 0 Å². The van der Waals surface area contributed by atoms with Gasteiger partial charge in [0.25, 0.3) is 15.9 Å². The number of anilines is 3. The van der Waals surface area contributed by atoms with E-state index >= 15 is 0 Å². The van der Waals surface area contributed by atoms with Gasteiger partial charge < -0.3 is 14.6 Å². The second kappa shape index (κ2) is 10.7. The Morgan fingerprint density at radius 3 is 2.42 bits per heavy atom. The van der Waals surface area contributed by atoms with Gasteiger partial charge in [0.15, 0.2) is 0 Å². The van der Waals surface area contributed by atoms with Crippen LogP contribution in [0, 0.1) is 0 Å². The van der Waals surface area contributed by atoms with Gasteiger partial charge in [-0.1, -0.05) is 24.3 Å². The Morgan fingerprint density at radius 1 is 1.00 bits per heavy atom. The van der Waals surface area contributed by atoms with Crippen molar-refractivity contribution >= 4 is 56.2 Å². The molecule has 0 fully saturated rings. The first-order valence-corrected chi connectivity index (χ1v) is 13.0. The number of carbonyl (C=O) groups is 3. The molecule has 0 bridgehead atoms. The normalized spacial score (nSPS) is 11.2. The number of nitrogens with zero attached hydrogens (tertiary/aromatic N) is 3. The van der Waals surface area contributed by atoms with Crippen molar-refractivity contribution in [2.24, 2.45) is 0 Å². The van der Waals surface area contributed by atoms with E-state index in [9.17, 15) is 27.9 Å². The fraction of sp³-hybridized carbons (Fsp3) is 0.154. The van der Waals surface area contributed by atoms with E-state index in [1.54, 1.807) is 48.0 Å². The van der Waals surface area contributed by atoms with Crippen LogP contribution < -0.4 is 14.9 Å². The number of hydrogen-bond acceptors (Lipinski definition) is 6. The number of sulfonamides is 1. The van der Waals surface area contributed by atoms with E-state index in [1.807, 2.05) is 0 Å². The Kier molecular flexibility index (Phi) is 7.44. The van der Waals surface area contributed by atoms with Crippen molar-refractivity contribution < 1.29 is 27.9 Å². The highest BCUT2D eigenvalue weighted by Gasteiger charge is 2.18. The maximum atomic E-state index is 13.1. The van der Waals surface area contributed by atoms with Gasteiger partial charge in [-0.25, -0.2) is 13.4 Å². The molecule has 0 saturated heterocycles. The summed E-state index contributed by atoms with van der Waals surface area (Å²) in [5, 5.41) is 11.9. The number of rotatable bonds is 9. The summed E-state index contributed by atoms with van der Waals surface area (Å²) >= 11 is 0. The van der Waals surface area contributed by atoms with Gasteiger partial charge in [-0.05, 0) is 48.5 Å². The third-order valence-corrected chi connectivity index (χ3v) is 7.19. The zero-order chi connectivity index (χ0) is 27.4. The number of aromatic nitrogens is 2. The molecule has 0 spiro atoms. The number of imidazole rings is 1. The molecule has 0 aliphatic carbocycles. The Balaban J connectivity index is 1.63. The van der Waals surface area contributed by atoms with Crippen molar-refractivity contribution in [3.63, 3.8) is 0 Å². The maximum absolute atomic E-state index is 13.1. The highest BCUT2D eigenvalue weighted by molar-refractivity contribution is 7.92. The van der Waals surface area contributed by atoms with Crippen LogP contribution in [0.15, 0.2) is 77.7 Å². The molecule has 0 unspecified atom stereocenters. The average molecular weight is 536 g/mol. The lowest BCUT2D eigenvalue weighted by atomic mass is 10.2. The first-order valence-electron chi connectivity index (χ1n) is 11.5. The minimum absolute atomic E-state index is 0.0419. The Bertz CT molecular complexity index is 1630. The van der Waals surface area contributed by atoms with Crippen LogP contribution >= 0.6 is 0 Å². The highest BCUT2D eigenvalue weighted by atomic mass is 32.2. The minimum atomic E-state index is -3.85. The van der Waals surface area contributed by atoms with Crippen LogP contribution in [0.25, 0.3) is 11.0 Å². The summed E-state index contributed by atoms with van der Waals surface area (Å²) in [6.07, 6.45) is -0.208. The van der Waals surface area contributed by atoms with Gasteiger partial charge in [0, 0.05) is 37.5 Å². The molecule has 0 saturated carbocycles. The van der Waals surface area contributed by atoms with E-state index in [-0.39, 0.29) is 41.0 Å². The molecule has 4 rings (SSSR count). The summed E-state index contributed by atoms with van der Waals surface area (Å²) in [6.45, 7) is 1.47. The largest absolute Gasteiger partial charge is 0.481 e. The van der Waals surface area contributed by atoms with Crippen molar-refractivity contribution in [1.29, 1.82) is 0 Å². The van der Waals surface area contributed by atoms with Gasteiger partial charge in [0.05, 0.1) is 22.3 Å². The second-order valence-corrected chi connectivity index (χ2v) is 10.1. The number of nitrogens with one attached hydrogen (secondary N) is 2. The zero-order valence-electron chi connectivity index (χ0n) is 20.6. The lowest BCUT2D eigenvalue weighted by Gasteiger charge is -2.14. The Labute approximate surface area is 218 Å². The fourth-order valence-corrected chi connectivity index (χ4v) is 4.82. The molecular weight excluding hydrogens is 510 g/mol. The summed E-state index contributed by atoms with van der Waals surface area (Å²) in [4.78, 5) is 42.1. The quantitative estimate of drug-likeness (QED) is 0.297. The van der Waals surface area contributed by atoms with E-state index in [0.717, 1.165) is 0 Å². The fourth-order valence-electron chi connectivity index (χ4n) is 3.75. The zero-order valence-corrected chi connectivity index (χ0v) is 21.4. The summed E-state index contributed by atoms with van der Waals surface area (Å²) in [7, 11) is -2.24. The number of aryl methyl sites for hydroxylation is 1. The molecule has 0 atom stereocenters.